The number of urea groups is 1. The summed E-state index contributed by atoms with van der Waals surface area (Å²) in [5.74, 6) is 1.40. The van der Waals surface area contributed by atoms with Crippen molar-refractivity contribution in [3.63, 3.8) is 0 Å². The molecule has 0 aliphatic rings. The molecule has 5 N–H and O–H groups in total. The number of aryl methyl sites for hydroxylation is 1. The molecular formula is C25H27FN4O5S. The minimum Gasteiger partial charge on any atom is -0.494 e. The van der Waals surface area contributed by atoms with Gasteiger partial charge in [0.2, 0.25) is 0 Å². The normalized spacial score (nSPS) is 10.9. The molecule has 3 rings (SSSR count). The molecule has 36 heavy (non-hydrogen) atoms. The Labute approximate surface area is 209 Å². The first-order chi connectivity index (χ1) is 17.1. The molecule has 0 radical (unpaired) electrons. The van der Waals surface area contributed by atoms with Crippen molar-refractivity contribution in [3.05, 3.63) is 77.9 Å². The zero-order valence-electron chi connectivity index (χ0n) is 19.6. The molecule has 190 valence electrons. The lowest BCUT2D eigenvalue weighted by atomic mass is 10.2. The van der Waals surface area contributed by atoms with Gasteiger partial charge in [-0.05, 0) is 92.1 Å². The molecule has 0 fully saturated rings. The van der Waals surface area contributed by atoms with E-state index >= 15 is 0 Å². The van der Waals surface area contributed by atoms with Gasteiger partial charge in [0.05, 0.1) is 18.1 Å². The van der Waals surface area contributed by atoms with Crippen LogP contribution in [-0.2, 0) is 10.2 Å². The molecule has 0 bridgehead atoms. The van der Waals surface area contributed by atoms with Crippen LogP contribution in [0.2, 0.25) is 0 Å². The molecule has 0 atom stereocenters. The van der Waals surface area contributed by atoms with Crippen LogP contribution in [0.4, 0.5) is 20.1 Å². The number of unbranched alkanes of at least 4 members (excludes halogenated alkanes) is 1. The van der Waals surface area contributed by atoms with Crippen LogP contribution in [0, 0.1) is 12.3 Å². The van der Waals surface area contributed by atoms with Gasteiger partial charge < -0.3 is 25.8 Å². The topological polar surface area (TPSA) is 144 Å². The van der Waals surface area contributed by atoms with Gasteiger partial charge in [-0.2, -0.15) is 8.42 Å². The van der Waals surface area contributed by atoms with Gasteiger partial charge in [0, 0.05) is 16.9 Å². The second kappa shape index (κ2) is 12.0. The van der Waals surface area contributed by atoms with E-state index in [1.54, 1.807) is 36.4 Å². The van der Waals surface area contributed by atoms with E-state index in [1.165, 1.54) is 12.1 Å². The van der Waals surface area contributed by atoms with E-state index < -0.39 is 21.1 Å². The monoisotopic (exact) mass is 514 g/mol. The van der Waals surface area contributed by atoms with Crippen molar-refractivity contribution in [1.82, 2.24) is 0 Å². The highest BCUT2D eigenvalue weighted by Crippen LogP contribution is 2.22. The number of nitrogens with two attached hydrogens (primary N) is 1. The van der Waals surface area contributed by atoms with Gasteiger partial charge >= 0.3 is 16.3 Å². The van der Waals surface area contributed by atoms with Gasteiger partial charge in [0.25, 0.3) is 0 Å². The Hall–Kier alpha value is -4.12. The van der Waals surface area contributed by atoms with Crippen LogP contribution < -0.4 is 25.8 Å². The van der Waals surface area contributed by atoms with Crippen LogP contribution in [0.1, 0.15) is 24.0 Å². The van der Waals surface area contributed by atoms with E-state index in [1.807, 2.05) is 13.0 Å². The molecule has 0 aromatic heterocycles. The number of hydrogen-bond acceptors (Lipinski definition) is 6. The van der Waals surface area contributed by atoms with Crippen molar-refractivity contribution in [2.75, 3.05) is 23.8 Å². The SMILES string of the molecule is Cc1cc(OCCCCOc2ccc(C(=N)N)cc2)ccc1NC(=O)Nc1ccc(S(=O)(=O)F)cc1. The first-order valence-electron chi connectivity index (χ1n) is 11.1. The van der Waals surface area contributed by atoms with Crippen molar-refractivity contribution < 1.29 is 26.6 Å². The lowest BCUT2D eigenvalue weighted by Gasteiger charge is -2.12. The lowest BCUT2D eigenvalue weighted by Crippen LogP contribution is -2.20. The maximum atomic E-state index is 13.0. The highest BCUT2D eigenvalue weighted by atomic mass is 32.3. The van der Waals surface area contributed by atoms with Crippen LogP contribution in [-0.4, -0.2) is 33.5 Å². The fourth-order valence-corrected chi connectivity index (χ4v) is 3.63. The highest BCUT2D eigenvalue weighted by molar-refractivity contribution is 7.86. The molecule has 2 amide bonds. The standard InChI is InChI=1S/C25H27FN4O5S/c1-17-16-21(35-15-3-2-14-34-20-8-4-18(5-9-20)24(27)28)10-13-23(17)30-25(31)29-19-6-11-22(12-7-19)36(26,32)33/h4-13,16H,2-3,14-15H2,1H3,(H3,27,28)(H2,29,30,31). The molecule has 3 aromatic carbocycles. The molecule has 0 aliphatic carbocycles. The number of carbonyl (C=O) groups is 1. The number of amidine groups is 1. The fourth-order valence-electron chi connectivity index (χ4n) is 3.17. The summed E-state index contributed by atoms with van der Waals surface area (Å²) in [5, 5.41) is 12.7. The molecule has 9 nitrogen and oxygen atoms in total. The van der Waals surface area contributed by atoms with Gasteiger partial charge in [-0.25, -0.2) is 4.79 Å². The average molecular weight is 515 g/mol. The molecule has 3 aromatic rings. The largest absolute Gasteiger partial charge is 0.494 e. The summed E-state index contributed by atoms with van der Waals surface area (Å²) in [7, 11) is -4.79. The first kappa shape index (κ1) is 26.5. The van der Waals surface area contributed by atoms with Crippen LogP contribution >= 0.6 is 0 Å². The fraction of sp³-hybridized carbons (Fsp3) is 0.200. The number of ether oxygens (including phenoxy) is 2. The second-order valence-corrected chi connectivity index (χ2v) is 9.21. The first-order valence-corrected chi connectivity index (χ1v) is 12.4. The predicted molar refractivity (Wildman–Crippen MR) is 136 cm³/mol. The van der Waals surface area contributed by atoms with Gasteiger partial charge in [-0.3, -0.25) is 5.41 Å². The number of carbonyl (C=O) groups excluding carboxylic acids is 1. The summed E-state index contributed by atoms with van der Waals surface area (Å²) in [6, 6.07) is 16.5. The molecule has 0 aliphatic heterocycles. The Morgan fingerprint density at radius 1 is 0.917 bits per heavy atom. The van der Waals surface area contributed by atoms with Crippen molar-refractivity contribution in [2.45, 2.75) is 24.7 Å². The summed E-state index contributed by atoms with van der Waals surface area (Å²) in [6.07, 6.45) is 1.58. The maximum absolute atomic E-state index is 13.0. The Kier molecular flexibility index (Phi) is 8.85. The van der Waals surface area contributed by atoms with Gasteiger partial charge in [0.1, 0.15) is 17.3 Å². The van der Waals surface area contributed by atoms with E-state index in [2.05, 4.69) is 10.6 Å². The van der Waals surface area contributed by atoms with E-state index in [4.69, 9.17) is 20.6 Å². The quantitative estimate of drug-likeness (QED) is 0.125. The van der Waals surface area contributed by atoms with Crippen LogP contribution in [0.5, 0.6) is 11.5 Å². The molecule has 0 heterocycles. The zero-order chi connectivity index (χ0) is 26.1. The summed E-state index contributed by atoms with van der Waals surface area (Å²) in [5.41, 5.74) is 7.76. The number of amides is 2. The summed E-state index contributed by atoms with van der Waals surface area (Å²) >= 11 is 0. The van der Waals surface area contributed by atoms with E-state index in [0.29, 0.717) is 41.7 Å². The molecule has 11 heteroatoms. The smallest absolute Gasteiger partial charge is 0.332 e. The van der Waals surface area contributed by atoms with E-state index in [-0.39, 0.29) is 5.84 Å². The van der Waals surface area contributed by atoms with E-state index in [9.17, 15) is 17.1 Å². The van der Waals surface area contributed by atoms with Gasteiger partial charge in [0.15, 0.2) is 0 Å². The summed E-state index contributed by atoms with van der Waals surface area (Å²) in [4.78, 5) is 11.8. The molecule has 0 unspecified atom stereocenters. The van der Waals surface area contributed by atoms with Crippen LogP contribution in [0.25, 0.3) is 0 Å². The number of nitrogens with one attached hydrogen (secondary N) is 3. The van der Waals surface area contributed by atoms with Crippen molar-refractivity contribution in [1.29, 1.82) is 5.41 Å². The minimum atomic E-state index is -4.79. The van der Waals surface area contributed by atoms with Crippen LogP contribution in [0.3, 0.4) is 0 Å². The number of halogens is 1. The number of anilines is 2. The second-order valence-electron chi connectivity index (χ2n) is 7.86. The van der Waals surface area contributed by atoms with Gasteiger partial charge in [-0.15, -0.1) is 3.89 Å². The maximum Gasteiger partial charge on any atom is 0.332 e. The number of rotatable bonds is 11. The number of benzene rings is 3. The molecule has 0 saturated carbocycles. The average Bonchev–Trinajstić information content (AvgIpc) is 2.83. The number of hydrogen-bond donors (Lipinski definition) is 4. The summed E-state index contributed by atoms with van der Waals surface area (Å²) in [6.45, 7) is 2.87. The Bertz CT molecular complexity index is 1310. The molecule has 0 spiro atoms. The third-order valence-electron chi connectivity index (χ3n) is 5.08. The predicted octanol–water partition coefficient (Wildman–Crippen LogP) is 4.82. The van der Waals surface area contributed by atoms with Crippen molar-refractivity contribution in [3.8, 4) is 11.5 Å². The Morgan fingerprint density at radius 3 is 2.06 bits per heavy atom. The number of nitrogen functional groups attached to an aromatic ring is 1. The minimum absolute atomic E-state index is 0.0172. The third kappa shape index (κ3) is 7.98. The molecular weight excluding hydrogens is 487 g/mol. The zero-order valence-corrected chi connectivity index (χ0v) is 20.4. The Balaban J connectivity index is 1.39. The Morgan fingerprint density at radius 2 is 1.50 bits per heavy atom. The van der Waals surface area contributed by atoms with Crippen molar-refractivity contribution in [2.24, 2.45) is 5.73 Å². The van der Waals surface area contributed by atoms with Crippen LogP contribution in [0.15, 0.2) is 71.6 Å². The van der Waals surface area contributed by atoms with E-state index in [0.717, 1.165) is 30.5 Å². The summed E-state index contributed by atoms with van der Waals surface area (Å²) < 4.78 is 46.2. The molecule has 0 saturated heterocycles. The highest BCUT2D eigenvalue weighted by Gasteiger charge is 2.12. The van der Waals surface area contributed by atoms with Gasteiger partial charge in [-0.1, -0.05) is 0 Å². The third-order valence-corrected chi connectivity index (χ3v) is 5.92. The lowest BCUT2D eigenvalue weighted by molar-refractivity contribution is 0.262. The van der Waals surface area contributed by atoms with Crippen molar-refractivity contribution >= 4 is 33.5 Å².